The van der Waals surface area contributed by atoms with Crippen molar-refractivity contribution < 1.29 is 4.79 Å². The van der Waals surface area contributed by atoms with Crippen molar-refractivity contribution in [2.45, 2.75) is 26.3 Å². The summed E-state index contributed by atoms with van der Waals surface area (Å²) >= 11 is 0. The van der Waals surface area contributed by atoms with Gasteiger partial charge in [-0.15, -0.1) is 0 Å². The van der Waals surface area contributed by atoms with E-state index in [1.54, 1.807) is 12.3 Å². The van der Waals surface area contributed by atoms with Crippen LogP contribution in [0.3, 0.4) is 0 Å². The third-order valence-corrected chi connectivity index (χ3v) is 2.62. The molecule has 0 amide bonds. The minimum Gasteiger partial charge on any atom is -0.384 e. The zero-order valence-corrected chi connectivity index (χ0v) is 8.79. The first-order valence-electron chi connectivity index (χ1n) is 5.12. The molecule has 0 spiro atoms. The summed E-state index contributed by atoms with van der Waals surface area (Å²) in [5.41, 5.74) is 3.45. The average Bonchev–Trinajstić information content (AvgIpc) is 2.63. The first-order valence-corrected chi connectivity index (χ1v) is 5.12. The van der Waals surface area contributed by atoms with E-state index in [1.807, 2.05) is 19.2 Å². The summed E-state index contributed by atoms with van der Waals surface area (Å²) in [5, 5.41) is 3.28. The molecule has 0 aromatic carbocycles. The van der Waals surface area contributed by atoms with Gasteiger partial charge in [0.2, 0.25) is 0 Å². The lowest BCUT2D eigenvalue weighted by atomic mass is 10.1. The number of nitrogens with zero attached hydrogens (tertiary/aromatic N) is 1. The fraction of sp³-hybridized carbons (Fsp3) is 0.333. The maximum Gasteiger partial charge on any atom is 0.157 e. The van der Waals surface area contributed by atoms with E-state index < -0.39 is 0 Å². The number of nitrogens with one attached hydrogen (secondary N) is 1. The summed E-state index contributed by atoms with van der Waals surface area (Å²) in [6, 6.07) is 2.00. The molecule has 78 valence electrons. The van der Waals surface area contributed by atoms with Crippen molar-refractivity contribution in [3.05, 3.63) is 41.4 Å². The molecule has 0 atom stereocenters. The number of hydrogen-bond donors (Lipinski definition) is 1. The van der Waals surface area contributed by atoms with Crippen LogP contribution < -0.4 is 5.32 Å². The highest BCUT2D eigenvalue weighted by atomic mass is 16.1. The Morgan fingerprint density at radius 3 is 3.00 bits per heavy atom. The van der Waals surface area contributed by atoms with Crippen LogP contribution in [0, 0.1) is 6.92 Å². The number of aromatic nitrogens is 1. The highest BCUT2D eigenvalue weighted by Crippen LogP contribution is 2.13. The standard InChI is InChI=1S/C12H14N2O/c1-9-7-13-5-4-10(9)8-14-11-2-3-12(15)6-11/h4-7,14H,2-3,8H2,1H3. The summed E-state index contributed by atoms with van der Waals surface area (Å²) in [6.07, 6.45) is 6.85. The van der Waals surface area contributed by atoms with Gasteiger partial charge in [-0.25, -0.2) is 0 Å². The Balaban J connectivity index is 1.97. The lowest BCUT2D eigenvalue weighted by Crippen LogP contribution is -2.12. The van der Waals surface area contributed by atoms with E-state index in [-0.39, 0.29) is 5.78 Å². The van der Waals surface area contributed by atoms with Crippen molar-refractivity contribution in [1.82, 2.24) is 10.3 Å². The number of ketones is 1. The number of aryl methyl sites for hydroxylation is 1. The quantitative estimate of drug-likeness (QED) is 0.811. The number of allylic oxidation sites excluding steroid dienone is 2. The maximum absolute atomic E-state index is 11.0. The Morgan fingerprint density at radius 1 is 1.47 bits per heavy atom. The van der Waals surface area contributed by atoms with E-state index in [0.717, 1.165) is 18.7 Å². The van der Waals surface area contributed by atoms with Gasteiger partial charge in [0.1, 0.15) is 0 Å². The Hall–Kier alpha value is -1.64. The van der Waals surface area contributed by atoms with Gasteiger partial charge in [0, 0.05) is 37.1 Å². The van der Waals surface area contributed by atoms with Crippen LogP contribution in [0.25, 0.3) is 0 Å². The fourth-order valence-corrected chi connectivity index (χ4v) is 1.65. The number of carbonyl (C=O) groups is 1. The van der Waals surface area contributed by atoms with Crippen LogP contribution in [0.4, 0.5) is 0 Å². The Kier molecular flexibility index (Phi) is 2.81. The van der Waals surface area contributed by atoms with Crippen LogP contribution in [0.2, 0.25) is 0 Å². The van der Waals surface area contributed by atoms with Crippen LogP contribution in [-0.4, -0.2) is 10.8 Å². The summed E-state index contributed by atoms with van der Waals surface area (Å²) in [4.78, 5) is 15.0. The van der Waals surface area contributed by atoms with Crippen molar-refractivity contribution >= 4 is 5.78 Å². The zero-order chi connectivity index (χ0) is 10.7. The highest BCUT2D eigenvalue weighted by Gasteiger charge is 2.11. The molecule has 1 aromatic rings. The molecule has 1 aliphatic rings. The molecule has 1 N–H and O–H groups in total. The van der Waals surface area contributed by atoms with Crippen molar-refractivity contribution in [1.29, 1.82) is 0 Å². The second-order valence-corrected chi connectivity index (χ2v) is 3.79. The molecule has 0 saturated heterocycles. The summed E-state index contributed by atoms with van der Waals surface area (Å²) in [6.45, 7) is 2.81. The molecule has 1 aliphatic carbocycles. The molecule has 1 aromatic heterocycles. The first kappa shape index (κ1) is 9.90. The topological polar surface area (TPSA) is 42.0 Å². The number of rotatable bonds is 3. The van der Waals surface area contributed by atoms with Gasteiger partial charge in [-0.2, -0.15) is 0 Å². The Morgan fingerprint density at radius 2 is 2.33 bits per heavy atom. The molecule has 0 bridgehead atoms. The molecule has 0 fully saturated rings. The van der Waals surface area contributed by atoms with Gasteiger partial charge < -0.3 is 5.32 Å². The number of carbonyl (C=O) groups excluding carboxylic acids is 1. The van der Waals surface area contributed by atoms with Gasteiger partial charge in [0.25, 0.3) is 0 Å². The van der Waals surface area contributed by atoms with Crippen molar-refractivity contribution in [2.24, 2.45) is 0 Å². The van der Waals surface area contributed by atoms with Crippen LogP contribution in [0.5, 0.6) is 0 Å². The first-order chi connectivity index (χ1) is 7.25. The maximum atomic E-state index is 11.0. The molecule has 3 heteroatoms. The summed E-state index contributed by atoms with van der Waals surface area (Å²) < 4.78 is 0. The van der Waals surface area contributed by atoms with Crippen LogP contribution in [0.1, 0.15) is 24.0 Å². The largest absolute Gasteiger partial charge is 0.384 e. The van der Waals surface area contributed by atoms with Gasteiger partial charge in [-0.1, -0.05) is 0 Å². The molecular weight excluding hydrogens is 188 g/mol. The monoisotopic (exact) mass is 202 g/mol. The predicted octanol–water partition coefficient (Wildman–Crippen LogP) is 1.73. The Labute approximate surface area is 89.2 Å². The molecule has 0 unspecified atom stereocenters. The molecule has 0 radical (unpaired) electrons. The van der Waals surface area contributed by atoms with Gasteiger partial charge in [-0.05, 0) is 30.5 Å². The van der Waals surface area contributed by atoms with Crippen LogP contribution in [0.15, 0.2) is 30.2 Å². The van der Waals surface area contributed by atoms with E-state index in [4.69, 9.17) is 0 Å². The highest BCUT2D eigenvalue weighted by molar-refractivity contribution is 5.92. The van der Waals surface area contributed by atoms with Gasteiger partial charge in [-0.3, -0.25) is 9.78 Å². The molecule has 1 heterocycles. The van der Waals surface area contributed by atoms with Crippen molar-refractivity contribution in [3.8, 4) is 0 Å². The molecule has 3 nitrogen and oxygen atoms in total. The van der Waals surface area contributed by atoms with E-state index in [2.05, 4.69) is 10.3 Å². The third kappa shape index (κ3) is 2.43. The second-order valence-electron chi connectivity index (χ2n) is 3.79. The summed E-state index contributed by atoms with van der Waals surface area (Å²) in [7, 11) is 0. The van der Waals surface area contributed by atoms with E-state index >= 15 is 0 Å². The zero-order valence-electron chi connectivity index (χ0n) is 8.79. The van der Waals surface area contributed by atoms with Crippen LogP contribution in [-0.2, 0) is 11.3 Å². The lowest BCUT2D eigenvalue weighted by Gasteiger charge is -2.08. The molecular formula is C12H14N2O. The van der Waals surface area contributed by atoms with Crippen molar-refractivity contribution in [2.75, 3.05) is 0 Å². The molecule has 0 saturated carbocycles. The minimum atomic E-state index is 0.226. The van der Waals surface area contributed by atoms with Crippen molar-refractivity contribution in [3.63, 3.8) is 0 Å². The normalized spacial score (nSPS) is 15.3. The van der Waals surface area contributed by atoms with E-state index in [1.165, 1.54) is 11.1 Å². The van der Waals surface area contributed by atoms with Crippen LogP contribution >= 0.6 is 0 Å². The third-order valence-electron chi connectivity index (χ3n) is 2.62. The van der Waals surface area contributed by atoms with Gasteiger partial charge in [0.05, 0.1) is 0 Å². The molecule has 15 heavy (non-hydrogen) atoms. The average molecular weight is 202 g/mol. The van der Waals surface area contributed by atoms with Gasteiger partial charge in [0.15, 0.2) is 5.78 Å². The second kappa shape index (κ2) is 4.26. The predicted molar refractivity (Wildman–Crippen MR) is 58.1 cm³/mol. The Bertz CT molecular complexity index is 410. The van der Waals surface area contributed by atoms with E-state index in [0.29, 0.717) is 6.42 Å². The minimum absolute atomic E-state index is 0.226. The summed E-state index contributed by atoms with van der Waals surface area (Å²) in [5.74, 6) is 0.226. The van der Waals surface area contributed by atoms with E-state index in [9.17, 15) is 4.79 Å². The number of hydrogen-bond acceptors (Lipinski definition) is 3. The van der Waals surface area contributed by atoms with Gasteiger partial charge >= 0.3 is 0 Å². The smallest absolute Gasteiger partial charge is 0.157 e. The fourth-order valence-electron chi connectivity index (χ4n) is 1.65. The molecule has 2 rings (SSSR count). The lowest BCUT2D eigenvalue weighted by molar-refractivity contribution is -0.114. The molecule has 0 aliphatic heterocycles. The number of pyridine rings is 1. The SMILES string of the molecule is Cc1cnccc1CNC1=CC(=O)CC1.